The fourth-order valence-corrected chi connectivity index (χ4v) is 1.39. The Labute approximate surface area is 122 Å². The maximum absolute atomic E-state index is 13.3. The predicted octanol–water partition coefficient (Wildman–Crippen LogP) is 3.96. The van der Waals surface area contributed by atoms with Gasteiger partial charge in [0.15, 0.2) is 0 Å². The number of aromatic nitrogens is 2. The van der Waals surface area contributed by atoms with Gasteiger partial charge in [-0.3, -0.25) is 4.98 Å². The fourth-order valence-electron chi connectivity index (χ4n) is 1.39. The zero-order valence-electron chi connectivity index (χ0n) is 10.6. The lowest BCUT2D eigenvalue weighted by atomic mass is 9.96. The average molecular weight is 387 g/mol. The molecule has 0 fully saturated rings. The van der Waals surface area contributed by atoms with Crippen molar-refractivity contribution in [2.24, 2.45) is 0 Å². The monoisotopic (exact) mass is 387 g/mol. The molecule has 0 aliphatic rings. The maximum atomic E-state index is 13.3. The summed E-state index contributed by atoms with van der Waals surface area (Å²) in [5.41, 5.74) is 0. The van der Waals surface area contributed by atoms with Crippen molar-refractivity contribution in [1.82, 2.24) is 4.98 Å². The van der Waals surface area contributed by atoms with Crippen LogP contribution in [-0.4, -0.2) is 34.9 Å². The Kier molecular flexibility index (Phi) is 4.36. The third-order valence-electron chi connectivity index (χ3n) is 2.79. The molecule has 0 saturated heterocycles. The molecule has 15 heteroatoms. The molecule has 0 aliphatic heterocycles. The second-order valence-corrected chi connectivity index (χ2v) is 4.36. The topological polar surface area (TPSA) is 19.7 Å². The highest BCUT2D eigenvalue weighted by atomic mass is 19.4. The molecule has 0 atom stereocenters. The number of imidazole rings is 1. The Hall–Kier alpha value is -1.70. The van der Waals surface area contributed by atoms with Crippen molar-refractivity contribution in [3.8, 4) is 0 Å². The molecule has 0 bridgehead atoms. The van der Waals surface area contributed by atoms with Gasteiger partial charge in [-0.2, -0.15) is 61.6 Å². The standard InChI is InChI=1S/C9H3F13N2/c10-4(11,6(14,15)8(18,19)20)5(12,13)7(16,17)9(21,22)24-2-1-23-3-24/h1-3H/p+1. The van der Waals surface area contributed by atoms with E-state index in [9.17, 15) is 57.1 Å². The van der Waals surface area contributed by atoms with E-state index >= 15 is 0 Å². The number of alkyl halides is 13. The lowest BCUT2D eigenvalue weighted by molar-refractivity contribution is -0.849. The van der Waals surface area contributed by atoms with Gasteiger partial charge in [0, 0.05) is 0 Å². The Bertz CT molecular complexity index is 571. The third-order valence-corrected chi connectivity index (χ3v) is 2.79. The molecule has 2 nitrogen and oxygen atoms in total. The summed E-state index contributed by atoms with van der Waals surface area (Å²) < 4.78 is 165. The van der Waals surface area contributed by atoms with Crippen LogP contribution in [0.15, 0.2) is 18.7 Å². The smallest absolute Gasteiger partial charge is 0.250 e. The summed E-state index contributed by atoms with van der Waals surface area (Å²) in [4.78, 5) is 1.64. The molecule has 140 valence electrons. The van der Waals surface area contributed by atoms with Crippen LogP contribution < -0.4 is 4.57 Å². The van der Waals surface area contributed by atoms with Crippen LogP contribution in [0.4, 0.5) is 57.1 Å². The number of H-pyrrole nitrogens is 1. The number of hydrogen-bond acceptors (Lipinski definition) is 0. The highest BCUT2D eigenvalue weighted by Crippen LogP contribution is 2.60. The summed E-state index contributed by atoms with van der Waals surface area (Å²) in [6.45, 7) is 0. The van der Waals surface area contributed by atoms with Crippen molar-refractivity contribution in [1.29, 1.82) is 0 Å². The summed E-state index contributed by atoms with van der Waals surface area (Å²) in [6.07, 6.45) is -7.18. The van der Waals surface area contributed by atoms with Gasteiger partial charge < -0.3 is 0 Å². The van der Waals surface area contributed by atoms with Crippen molar-refractivity contribution in [2.45, 2.75) is 35.9 Å². The van der Waals surface area contributed by atoms with E-state index in [0.717, 1.165) is 0 Å². The lowest BCUT2D eigenvalue weighted by Crippen LogP contribution is -2.74. The van der Waals surface area contributed by atoms with Gasteiger partial charge in [0.1, 0.15) is 12.4 Å². The van der Waals surface area contributed by atoms with Crippen LogP contribution in [0.2, 0.25) is 0 Å². The van der Waals surface area contributed by atoms with E-state index < -0.39 is 40.5 Å². The number of nitrogens with one attached hydrogen (secondary N) is 1. The minimum Gasteiger partial charge on any atom is -0.250 e. The first-order valence-corrected chi connectivity index (χ1v) is 5.36. The molecule has 0 spiro atoms. The molecule has 1 aromatic rings. The van der Waals surface area contributed by atoms with E-state index in [-0.39, 0.29) is 12.5 Å². The van der Waals surface area contributed by atoms with E-state index in [1.165, 1.54) is 0 Å². The Morgan fingerprint density at radius 2 is 1.00 bits per heavy atom. The van der Waals surface area contributed by atoms with E-state index in [2.05, 4.69) is 0 Å². The second kappa shape index (κ2) is 5.15. The average Bonchev–Trinajstić information content (AvgIpc) is 2.90. The molecule has 0 radical (unpaired) electrons. The number of rotatable bonds is 5. The van der Waals surface area contributed by atoms with Gasteiger partial charge in [0.25, 0.3) is 0 Å². The van der Waals surface area contributed by atoms with Crippen LogP contribution in [0.1, 0.15) is 0 Å². The van der Waals surface area contributed by atoms with Crippen molar-refractivity contribution < 1.29 is 61.6 Å². The molecule has 1 heterocycles. The van der Waals surface area contributed by atoms with Crippen molar-refractivity contribution in [3.63, 3.8) is 0 Å². The minimum absolute atomic E-state index is 0.0654. The summed E-state index contributed by atoms with van der Waals surface area (Å²) in [5, 5.41) is 0. The molecular formula is C9H4F13N2+. The summed E-state index contributed by atoms with van der Waals surface area (Å²) in [5.74, 6) is -30.7. The first-order chi connectivity index (χ1) is 10.4. The molecule has 0 aromatic carbocycles. The molecule has 0 saturated carbocycles. The Morgan fingerprint density at radius 3 is 1.33 bits per heavy atom. The highest BCUT2D eigenvalue weighted by Gasteiger charge is 2.92. The Balaban J connectivity index is 3.51. The van der Waals surface area contributed by atoms with E-state index in [0.29, 0.717) is 6.20 Å². The fraction of sp³-hybridized carbons (Fsp3) is 0.667. The summed E-state index contributed by atoms with van der Waals surface area (Å²) in [7, 11) is 0. The summed E-state index contributed by atoms with van der Waals surface area (Å²) >= 11 is 0. The zero-order valence-corrected chi connectivity index (χ0v) is 10.6. The lowest BCUT2D eigenvalue weighted by Gasteiger charge is -2.38. The third kappa shape index (κ3) is 2.39. The molecule has 0 unspecified atom stereocenters. The number of aromatic amines is 1. The van der Waals surface area contributed by atoms with Gasteiger partial charge in [-0.25, -0.2) is 0 Å². The molecular weight excluding hydrogens is 383 g/mol. The van der Waals surface area contributed by atoms with Crippen molar-refractivity contribution in [2.75, 3.05) is 0 Å². The number of nitrogens with zero attached hydrogens (tertiary/aromatic N) is 1. The quantitative estimate of drug-likeness (QED) is 0.583. The molecule has 0 amide bonds. The SMILES string of the molecule is FC(F)(F)C(F)(F)C(F)(F)C(F)(F)C(F)(F)C(F)(F)[n+]1cc[nH]c1. The van der Waals surface area contributed by atoms with Crippen LogP contribution in [0.25, 0.3) is 0 Å². The molecule has 1 N–H and O–H groups in total. The normalized spacial score (nSPS) is 15.7. The van der Waals surface area contributed by atoms with Crippen LogP contribution in [0.3, 0.4) is 0 Å². The van der Waals surface area contributed by atoms with E-state index in [1.807, 2.05) is 0 Å². The molecule has 1 rings (SSSR count). The van der Waals surface area contributed by atoms with Gasteiger partial charge in [-0.05, 0) is 0 Å². The summed E-state index contributed by atoms with van der Waals surface area (Å²) in [6, 6.07) is -6.28. The first-order valence-electron chi connectivity index (χ1n) is 5.36. The minimum atomic E-state index is -7.89. The second-order valence-electron chi connectivity index (χ2n) is 4.36. The van der Waals surface area contributed by atoms with Gasteiger partial charge in [-0.15, -0.1) is 0 Å². The van der Waals surface area contributed by atoms with E-state index in [4.69, 9.17) is 0 Å². The van der Waals surface area contributed by atoms with Crippen LogP contribution in [-0.2, 0) is 6.05 Å². The molecule has 24 heavy (non-hydrogen) atoms. The molecule has 1 aromatic heterocycles. The van der Waals surface area contributed by atoms with Crippen molar-refractivity contribution in [3.05, 3.63) is 18.7 Å². The Morgan fingerprint density at radius 1 is 0.583 bits per heavy atom. The number of halogens is 13. The zero-order chi connectivity index (χ0) is 19.4. The largest absolute Gasteiger partial charge is 0.469 e. The van der Waals surface area contributed by atoms with Gasteiger partial charge >= 0.3 is 35.9 Å². The molecule has 0 aliphatic carbocycles. The van der Waals surface area contributed by atoms with E-state index in [1.54, 1.807) is 4.98 Å². The van der Waals surface area contributed by atoms with Gasteiger partial charge in [0.05, 0.1) is 0 Å². The van der Waals surface area contributed by atoms with Crippen molar-refractivity contribution >= 4 is 0 Å². The number of hydrogen-bond donors (Lipinski definition) is 1. The van der Waals surface area contributed by atoms with Crippen LogP contribution >= 0.6 is 0 Å². The van der Waals surface area contributed by atoms with Gasteiger partial charge in [0.2, 0.25) is 6.33 Å². The van der Waals surface area contributed by atoms with Crippen LogP contribution in [0.5, 0.6) is 0 Å². The first kappa shape index (κ1) is 20.3. The predicted molar refractivity (Wildman–Crippen MR) is 47.0 cm³/mol. The van der Waals surface area contributed by atoms with Crippen LogP contribution in [0, 0.1) is 0 Å². The highest BCUT2D eigenvalue weighted by molar-refractivity contribution is 5.07. The maximum Gasteiger partial charge on any atom is 0.469 e. The van der Waals surface area contributed by atoms with Gasteiger partial charge in [-0.1, -0.05) is 0 Å².